The molecule has 0 radical (unpaired) electrons. The number of amides is 1. The van der Waals surface area contributed by atoms with Crippen molar-refractivity contribution in [2.45, 2.75) is 46.4 Å². The van der Waals surface area contributed by atoms with Gasteiger partial charge in [-0.3, -0.25) is 14.4 Å². The van der Waals surface area contributed by atoms with Crippen LogP contribution >= 0.6 is 0 Å². The zero-order valence-electron chi connectivity index (χ0n) is 15.2. The Bertz CT molecular complexity index is 738. The molecule has 2 atom stereocenters. The lowest BCUT2D eigenvalue weighted by Crippen LogP contribution is -2.51. The lowest BCUT2D eigenvalue weighted by molar-refractivity contribution is -0.124. The van der Waals surface area contributed by atoms with E-state index in [9.17, 15) is 4.79 Å². The number of nitrogens with zero attached hydrogens (tertiary/aromatic N) is 4. The van der Waals surface area contributed by atoms with Gasteiger partial charge in [0.1, 0.15) is 5.76 Å². The van der Waals surface area contributed by atoms with Crippen LogP contribution in [0.25, 0.3) is 0 Å². The second kappa shape index (κ2) is 7.37. The Labute approximate surface area is 147 Å². The molecule has 1 aliphatic heterocycles. The molecule has 0 aromatic carbocycles. The monoisotopic (exact) mass is 347 g/mol. The minimum Gasteiger partial charge on any atom is -0.374 e. The molecule has 3 heterocycles. The molecule has 0 spiro atoms. The lowest BCUT2D eigenvalue weighted by atomic mass is 10.2. The number of aryl methyl sites for hydroxylation is 3. The first kappa shape index (κ1) is 17.6. The van der Waals surface area contributed by atoms with Crippen LogP contribution in [0.5, 0.6) is 0 Å². The summed E-state index contributed by atoms with van der Waals surface area (Å²) in [7, 11) is 0. The molecular weight excluding hydrogens is 322 g/mol. The topological polar surface area (TPSA) is 85.4 Å². The highest BCUT2D eigenvalue weighted by molar-refractivity contribution is 5.93. The number of carbonyl (C=O) groups is 1. The van der Waals surface area contributed by atoms with Crippen molar-refractivity contribution in [3.63, 3.8) is 0 Å². The minimum absolute atomic E-state index is 0.0105. The Hall–Kier alpha value is -2.19. The molecule has 8 nitrogen and oxygen atoms in total. The van der Waals surface area contributed by atoms with Crippen molar-refractivity contribution in [3.8, 4) is 0 Å². The van der Waals surface area contributed by atoms with Gasteiger partial charge in [0.2, 0.25) is 5.91 Å². The van der Waals surface area contributed by atoms with E-state index in [1.165, 1.54) is 0 Å². The second-order valence-corrected chi connectivity index (χ2v) is 6.58. The Kier molecular flexibility index (Phi) is 5.19. The molecule has 0 saturated carbocycles. The van der Waals surface area contributed by atoms with Crippen LogP contribution < -0.4 is 5.32 Å². The van der Waals surface area contributed by atoms with Gasteiger partial charge in [-0.1, -0.05) is 5.16 Å². The van der Waals surface area contributed by atoms with E-state index in [-0.39, 0.29) is 18.1 Å². The third-order valence-corrected chi connectivity index (χ3v) is 4.46. The first-order valence-corrected chi connectivity index (χ1v) is 8.53. The fourth-order valence-electron chi connectivity index (χ4n) is 3.08. The van der Waals surface area contributed by atoms with Gasteiger partial charge >= 0.3 is 0 Å². The Balaban J connectivity index is 1.58. The maximum atomic E-state index is 12.5. The van der Waals surface area contributed by atoms with Crippen LogP contribution in [0.3, 0.4) is 0 Å². The molecule has 0 unspecified atom stereocenters. The fourth-order valence-corrected chi connectivity index (χ4v) is 3.08. The Morgan fingerprint density at radius 3 is 2.84 bits per heavy atom. The van der Waals surface area contributed by atoms with Gasteiger partial charge in [0.25, 0.3) is 0 Å². The molecule has 25 heavy (non-hydrogen) atoms. The van der Waals surface area contributed by atoms with E-state index in [1.807, 2.05) is 25.5 Å². The third-order valence-electron chi connectivity index (χ3n) is 4.46. The van der Waals surface area contributed by atoms with Crippen molar-refractivity contribution in [1.29, 1.82) is 0 Å². The summed E-state index contributed by atoms with van der Waals surface area (Å²) in [4.78, 5) is 14.6. The highest BCUT2D eigenvalue weighted by Crippen LogP contribution is 2.14. The molecule has 0 bridgehead atoms. The van der Waals surface area contributed by atoms with Gasteiger partial charge < -0.3 is 14.6 Å². The third kappa shape index (κ3) is 4.26. The minimum atomic E-state index is -0.274. The van der Waals surface area contributed by atoms with Gasteiger partial charge in [0, 0.05) is 24.8 Å². The van der Waals surface area contributed by atoms with E-state index in [2.05, 4.69) is 26.5 Å². The van der Waals surface area contributed by atoms with Crippen molar-refractivity contribution in [3.05, 3.63) is 29.3 Å². The molecule has 1 N–H and O–H groups in total. The summed E-state index contributed by atoms with van der Waals surface area (Å²) < 4.78 is 12.8. The number of ether oxygens (including phenoxy) is 1. The SMILES string of the molecule is Cc1cc(C)n(C[C@H]2CN([C@@H](C)C(=O)Nc3cc(C)on3)CCO2)n1. The number of hydrogen-bond donors (Lipinski definition) is 1. The molecule has 2 aromatic rings. The van der Waals surface area contributed by atoms with Crippen LogP contribution in [0, 0.1) is 20.8 Å². The van der Waals surface area contributed by atoms with E-state index in [0.717, 1.165) is 17.9 Å². The molecule has 1 aliphatic rings. The van der Waals surface area contributed by atoms with Gasteiger partial charge in [-0.25, -0.2) is 0 Å². The van der Waals surface area contributed by atoms with Crippen molar-refractivity contribution < 1.29 is 14.1 Å². The summed E-state index contributed by atoms with van der Waals surface area (Å²) >= 11 is 0. The smallest absolute Gasteiger partial charge is 0.242 e. The van der Waals surface area contributed by atoms with E-state index < -0.39 is 0 Å². The highest BCUT2D eigenvalue weighted by Gasteiger charge is 2.29. The highest BCUT2D eigenvalue weighted by atomic mass is 16.5. The largest absolute Gasteiger partial charge is 0.374 e. The molecule has 1 amide bonds. The van der Waals surface area contributed by atoms with Crippen LogP contribution in [0.4, 0.5) is 5.82 Å². The molecular formula is C17H25N5O3. The van der Waals surface area contributed by atoms with Crippen LogP contribution in [-0.2, 0) is 16.1 Å². The summed E-state index contributed by atoms with van der Waals surface area (Å²) in [5.41, 5.74) is 2.12. The van der Waals surface area contributed by atoms with Crippen LogP contribution in [0.1, 0.15) is 24.1 Å². The van der Waals surface area contributed by atoms with Crippen molar-refractivity contribution >= 4 is 11.7 Å². The molecule has 136 valence electrons. The van der Waals surface area contributed by atoms with Crippen LogP contribution in [0.2, 0.25) is 0 Å². The van der Waals surface area contributed by atoms with Crippen LogP contribution in [-0.4, -0.2) is 57.6 Å². The normalized spacial score (nSPS) is 19.8. The number of carbonyl (C=O) groups excluding carboxylic acids is 1. The zero-order chi connectivity index (χ0) is 18.0. The van der Waals surface area contributed by atoms with Crippen molar-refractivity contribution in [2.75, 3.05) is 25.0 Å². The second-order valence-electron chi connectivity index (χ2n) is 6.58. The molecule has 0 aliphatic carbocycles. The van der Waals surface area contributed by atoms with Gasteiger partial charge in [-0.15, -0.1) is 0 Å². The number of morpholine rings is 1. The van der Waals surface area contributed by atoms with E-state index in [0.29, 0.717) is 31.3 Å². The first-order chi connectivity index (χ1) is 11.9. The Morgan fingerprint density at radius 2 is 2.20 bits per heavy atom. The summed E-state index contributed by atoms with van der Waals surface area (Å²) in [6, 6.07) is 3.48. The predicted molar refractivity (Wildman–Crippen MR) is 92.3 cm³/mol. The standard InChI is InChI=1S/C17H25N5O3/c1-11-7-12(2)22(19-11)10-15-9-21(5-6-24-15)14(4)17(23)18-16-8-13(3)25-20-16/h7-8,14-15H,5-6,9-10H2,1-4H3,(H,18,20,23)/t14-,15+/m0/s1. The van der Waals surface area contributed by atoms with Gasteiger partial charge in [0.15, 0.2) is 5.82 Å². The maximum Gasteiger partial charge on any atom is 0.242 e. The molecule has 1 fully saturated rings. The molecule has 8 heteroatoms. The van der Waals surface area contributed by atoms with E-state index >= 15 is 0 Å². The summed E-state index contributed by atoms with van der Waals surface area (Å²) in [6.45, 7) is 10.4. The van der Waals surface area contributed by atoms with Gasteiger partial charge in [0.05, 0.1) is 31.0 Å². The van der Waals surface area contributed by atoms with E-state index in [4.69, 9.17) is 9.26 Å². The zero-order valence-corrected chi connectivity index (χ0v) is 15.2. The summed E-state index contributed by atoms with van der Waals surface area (Å²) in [6.07, 6.45) is 0.0105. The van der Waals surface area contributed by atoms with Crippen molar-refractivity contribution in [2.24, 2.45) is 0 Å². The average Bonchev–Trinajstić information content (AvgIpc) is 3.11. The van der Waals surface area contributed by atoms with Gasteiger partial charge in [-0.2, -0.15) is 5.10 Å². The summed E-state index contributed by atoms with van der Waals surface area (Å²) in [5, 5.41) is 11.1. The van der Waals surface area contributed by atoms with Crippen molar-refractivity contribution in [1.82, 2.24) is 19.8 Å². The molecule has 2 aromatic heterocycles. The van der Waals surface area contributed by atoms with E-state index in [1.54, 1.807) is 13.0 Å². The lowest BCUT2D eigenvalue weighted by Gasteiger charge is -2.36. The Morgan fingerprint density at radius 1 is 1.40 bits per heavy atom. The number of nitrogens with one attached hydrogen (secondary N) is 1. The first-order valence-electron chi connectivity index (χ1n) is 8.53. The average molecular weight is 347 g/mol. The number of anilines is 1. The number of hydrogen-bond acceptors (Lipinski definition) is 6. The van der Waals surface area contributed by atoms with Crippen LogP contribution in [0.15, 0.2) is 16.7 Å². The fraction of sp³-hybridized carbons (Fsp3) is 0.588. The number of aromatic nitrogens is 3. The number of rotatable bonds is 5. The summed E-state index contributed by atoms with van der Waals surface area (Å²) in [5.74, 6) is 1.01. The quantitative estimate of drug-likeness (QED) is 0.883. The van der Waals surface area contributed by atoms with Gasteiger partial charge in [-0.05, 0) is 33.8 Å². The predicted octanol–water partition coefficient (Wildman–Crippen LogP) is 1.52. The molecule has 3 rings (SSSR count). The maximum absolute atomic E-state index is 12.5. The molecule has 1 saturated heterocycles.